The zero-order valence-corrected chi connectivity index (χ0v) is 16.1. The maximum atomic E-state index is 12.9. The van der Waals surface area contributed by atoms with Gasteiger partial charge in [0.15, 0.2) is 0 Å². The molecule has 26 heavy (non-hydrogen) atoms. The Bertz CT molecular complexity index is 768. The summed E-state index contributed by atoms with van der Waals surface area (Å²) in [4.78, 5) is 12.9. The standard InChI is InChI=1S/C20H28N2O3S/c1-2-6-26(24,25)22-18-5-3-4-17(10-18)19(23)21-20-11-14-7-15(12-20)9-16(8-14)13-20/h3-5,10,14-16,22H,2,6-9,11-13H2,1H3,(H,21,23). The fraction of sp³-hybridized carbons (Fsp3) is 0.650. The average molecular weight is 377 g/mol. The molecule has 0 spiro atoms. The molecule has 0 heterocycles. The monoisotopic (exact) mass is 376 g/mol. The van der Waals surface area contributed by atoms with Crippen LogP contribution in [0.15, 0.2) is 24.3 Å². The predicted molar refractivity (Wildman–Crippen MR) is 103 cm³/mol. The zero-order chi connectivity index (χ0) is 18.4. The largest absolute Gasteiger partial charge is 0.347 e. The van der Waals surface area contributed by atoms with Crippen LogP contribution in [0.5, 0.6) is 0 Å². The summed E-state index contributed by atoms with van der Waals surface area (Å²) in [5.74, 6) is 2.32. The lowest BCUT2D eigenvalue weighted by Gasteiger charge is -2.56. The van der Waals surface area contributed by atoms with Crippen LogP contribution in [0, 0.1) is 17.8 Å². The van der Waals surface area contributed by atoms with E-state index in [1.165, 1.54) is 19.3 Å². The lowest BCUT2D eigenvalue weighted by Crippen LogP contribution is -2.59. The minimum Gasteiger partial charge on any atom is -0.347 e. The van der Waals surface area contributed by atoms with Crippen LogP contribution in [0.1, 0.15) is 62.2 Å². The topological polar surface area (TPSA) is 75.3 Å². The van der Waals surface area contributed by atoms with Crippen molar-refractivity contribution >= 4 is 21.6 Å². The van der Waals surface area contributed by atoms with Gasteiger partial charge in [-0.15, -0.1) is 0 Å². The molecule has 0 aliphatic heterocycles. The van der Waals surface area contributed by atoms with Crippen molar-refractivity contribution in [3.63, 3.8) is 0 Å². The minimum absolute atomic E-state index is 0.0381. The first-order chi connectivity index (χ1) is 12.4. The molecule has 4 aliphatic carbocycles. The Morgan fingerprint density at radius 2 is 1.73 bits per heavy atom. The molecule has 4 aliphatic rings. The maximum absolute atomic E-state index is 12.9. The van der Waals surface area contributed by atoms with Crippen molar-refractivity contribution in [1.29, 1.82) is 0 Å². The van der Waals surface area contributed by atoms with Gasteiger partial charge in [-0.25, -0.2) is 8.42 Å². The Balaban J connectivity index is 1.48. The van der Waals surface area contributed by atoms with Crippen LogP contribution in [0.3, 0.4) is 0 Å². The van der Waals surface area contributed by atoms with E-state index in [0.29, 0.717) is 17.7 Å². The first-order valence-electron chi connectivity index (χ1n) is 9.79. The highest BCUT2D eigenvalue weighted by Gasteiger charge is 2.51. The van der Waals surface area contributed by atoms with Crippen molar-refractivity contribution < 1.29 is 13.2 Å². The van der Waals surface area contributed by atoms with Gasteiger partial charge >= 0.3 is 0 Å². The molecule has 0 atom stereocenters. The molecule has 0 aromatic heterocycles. The van der Waals surface area contributed by atoms with Crippen molar-refractivity contribution in [2.75, 3.05) is 10.5 Å². The number of nitrogens with one attached hydrogen (secondary N) is 2. The third kappa shape index (κ3) is 3.61. The number of hydrogen-bond acceptors (Lipinski definition) is 3. The highest BCUT2D eigenvalue weighted by Crippen LogP contribution is 2.55. The molecule has 1 amide bonds. The third-order valence-electron chi connectivity index (χ3n) is 6.29. The van der Waals surface area contributed by atoms with E-state index >= 15 is 0 Å². The average Bonchev–Trinajstić information content (AvgIpc) is 2.52. The van der Waals surface area contributed by atoms with Gasteiger partial charge in [-0.2, -0.15) is 0 Å². The van der Waals surface area contributed by atoms with E-state index in [0.717, 1.165) is 37.0 Å². The van der Waals surface area contributed by atoms with Gasteiger partial charge in [0.1, 0.15) is 0 Å². The van der Waals surface area contributed by atoms with Gasteiger partial charge in [-0.1, -0.05) is 13.0 Å². The maximum Gasteiger partial charge on any atom is 0.251 e. The van der Waals surface area contributed by atoms with Gasteiger partial charge < -0.3 is 5.32 Å². The summed E-state index contributed by atoms with van der Waals surface area (Å²) in [7, 11) is -3.35. The highest BCUT2D eigenvalue weighted by molar-refractivity contribution is 7.92. The van der Waals surface area contributed by atoms with Crippen LogP contribution < -0.4 is 10.0 Å². The number of carbonyl (C=O) groups excluding carboxylic acids is 1. The van der Waals surface area contributed by atoms with Gasteiger partial charge in [0.25, 0.3) is 5.91 Å². The SMILES string of the molecule is CCCS(=O)(=O)Nc1cccc(C(=O)NC23CC4CC(CC(C4)C2)C3)c1. The minimum atomic E-state index is -3.35. The number of hydrogen-bond donors (Lipinski definition) is 2. The second-order valence-corrected chi connectivity index (χ2v) is 10.5. The van der Waals surface area contributed by atoms with Crippen molar-refractivity contribution in [3.05, 3.63) is 29.8 Å². The van der Waals surface area contributed by atoms with Crippen molar-refractivity contribution in [2.24, 2.45) is 17.8 Å². The summed E-state index contributed by atoms with van der Waals surface area (Å²) < 4.78 is 26.5. The lowest BCUT2D eigenvalue weighted by atomic mass is 9.53. The van der Waals surface area contributed by atoms with Gasteiger partial charge in [0.05, 0.1) is 5.75 Å². The summed E-state index contributed by atoms with van der Waals surface area (Å²) in [6.07, 6.45) is 7.88. The van der Waals surface area contributed by atoms with Gasteiger partial charge in [0, 0.05) is 16.8 Å². The molecule has 0 unspecified atom stereocenters. The summed E-state index contributed by atoms with van der Waals surface area (Å²) in [5, 5.41) is 3.34. The van der Waals surface area contributed by atoms with Gasteiger partial charge in [0.2, 0.25) is 10.0 Å². The molecule has 0 saturated heterocycles. The van der Waals surface area contributed by atoms with Crippen molar-refractivity contribution in [3.8, 4) is 0 Å². The number of sulfonamides is 1. The normalized spacial score (nSPS) is 32.4. The van der Waals surface area contributed by atoms with E-state index < -0.39 is 10.0 Å². The Labute approximate surface area is 156 Å². The smallest absolute Gasteiger partial charge is 0.251 e. The number of anilines is 1. The number of amides is 1. The molecule has 2 N–H and O–H groups in total. The van der Waals surface area contributed by atoms with Crippen molar-refractivity contribution in [2.45, 2.75) is 57.4 Å². The van der Waals surface area contributed by atoms with E-state index in [2.05, 4.69) is 10.0 Å². The molecule has 5 rings (SSSR count). The molecule has 4 saturated carbocycles. The molecular weight excluding hydrogens is 348 g/mol. The molecule has 142 valence electrons. The molecule has 6 heteroatoms. The second kappa shape index (κ2) is 6.55. The summed E-state index contributed by atoms with van der Waals surface area (Å²) in [6.45, 7) is 1.83. The Morgan fingerprint density at radius 1 is 1.12 bits per heavy atom. The Morgan fingerprint density at radius 3 is 2.31 bits per heavy atom. The zero-order valence-electron chi connectivity index (χ0n) is 15.3. The van der Waals surface area contributed by atoms with Gasteiger partial charge in [-0.05, 0) is 80.9 Å². The molecule has 4 fully saturated rings. The molecule has 4 bridgehead atoms. The van der Waals surface area contributed by atoms with Crippen molar-refractivity contribution in [1.82, 2.24) is 5.32 Å². The molecule has 1 aromatic carbocycles. The first-order valence-corrected chi connectivity index (χ1v) is 11.4. The molecule has 5 nitrogen and oxygen atoms in total. The molecule has 1 aromatic rings. The number of rotatable bonds is 6. The summed E-state index contributed by atoms with van der Waals surface area (Å²) >= 11 is 0. The van der Waals surface area contributed by atoms with E-state index in [4.69, 9.17) is 0 Å². The summed E-state index contributed by atoms with van der Waals surface area (Å²) in [5.41, 5.74) is 0.942. The van der Waals surface area contributed by atoms with Crippen LogP contribution in [-0.2, 0) is 10.0 Å². The van der Waals surface area contributed by atoms with E-state index in [-0.39, 0.29) is 17.2 Å². The van der Waals surface area contributed by atoms with E-state index in [9.17, 15) is 13.2 Å². The van der Waals surface area contributed by atoms with Crippen LogP contribution in [0.2, 0.25) is 0 Å². The van der Waals surface area contributed by atoms with E-state index in [1.807, 2.05) is 6.92 Å². The highest BCUT2D eigenvalue weighted by atomic mass is 32.2. The quantitative estimate of drug-likeness (QED) is 0.797. The molecule has 0 radical (unpaired) electrons. The molecular formula is C20H28N2O3S. The first kappa shape index (κ1) is 17.8. The second-order valence-electron chi connectivity index (χ2n) is 8.65. The fourth-order valence-electron chi connectivity index (χ4n) is 5.80. The van der Waals surface area contributed by atoms with Crippen LogP contribution in [0.25, 0.3) is 0 Å². The lowest BCUT2D eigenvalue weighted by molar-refractivity contribution is -0.0167. The Hall–Kier alpha value is -1.56. The van der Waals surface area contributed by atoms with Crippen LogP contribution >= 0.6 is 0 Å². The van der Waals surface area contributed by atoms with Crippen LogP contribution in [-0.4, -0.2) is 25.6 Å². The van der Waals surface area contributed by atoms with Gasteiger partial charge in [-0.3, -0.25) is 9.52 Å². The number of carbonyl (C=O) groups is 1. The number of benzene rings is 1. The third-order valence-corrected chi connectivity index (χ3v) is 7.78. The Kier molecular flexibility index (Phi) is 4.49. The van der Waals surface area contributed by atoms with Crippen LogP contribution in [0.4, 0.5) is 5.69 Å². The fourth-order valence-corrected chi connectivity index (χ4v) is 6.93. The predicted octanol–water partition coefficient (Wildman–Crippen LogP) is 3.54. The summed E-state index contributed by atoms with van der Waals surface area (Å²) in [6, 6.07) is 6.82. The van der Waals surface area contributed by atoms with E-state index in [1.54, 1.807) is 24.3 Å².